The Morgan fingerprint density at radius 1 is 1.20 bits per heavy atom. The Labute approximate surface area is 92.2 Å². The number of nitrogens with two attached hydrogens (primary N) is 1. The molecule has 3 nitrogen and oxygen atoms in total. The van der Waals surface area contributed by atoms with Crippen molar-refractivity contribution in [2.45, 2.75) is 19.9 Å². The Morgan fingerprint density at radius 2 is 1.73 bits per heavy atom. The van der Waals surface area contributed by atoms with Crippen molar-refractivity contribution < 1.29 is 0 Å². The molecule has 0 aliphatic heterocycles. The van der Waals surface area contributed by atoms with Crippen LogP contribution in [0, 0.1) is 13.8 Å². The standard InChI is InChI=1S/C12H21N3/c1-9-5-10(2)7-11(6-9)12(14-13)8-15(3)4/h5-7,12,14H,8,13H2,1-4H3. The van der Waals surface area contributed by atoms with Crippen molar-refractivity contribution in [2.75, 3.05) is 20.6 Å². The van der Waals surface area contributed by atoms with Gasteiger partial charge in [-0.05, 0) is 33.5 Å². The summed E-state index contributed by atoms with van der Waals surface area (Å²) >= 11 is 0. The van der Waals surface area contributed by atoms with Crippen LogP contribution in [0.15, 0.2) is 18.2 Å². The van der Waals surface area contributed by atoms with Crippen LogP contribution in [-0.2, 0) is 0 Å². The number of hydrogen-bond acceptors (Lipinski definition) is 3. The molecule has 1 unspecified atom stereocenters. The summed E-state index contributed by atoms with van der Waals surface area (Å²) in [5.41, 5.74) is 6.68. The molecule has 1 atom stereocenters. The Bertz CT molecular complexity index is 300. The lowest BCUT2D eigenvalue weighted by Crippen LogP contribution is -2.35. The summed E-state index contributed by atoms with van der Waals surface area (Å²) in [5, 5.41) is 0. The van der Waals surface area contributed by atoms with Gasteiger partial charge in [-0.3, -0.25) is 11.3 Å². The zero-order valence-electron chi connectivity index (χ0n) is 10.0. The van der Waals surface area contributed by atoms with Gasteiger partial charge in [-0.2, -0.15) is 0 Å². The van der Waals surface area contributed by atoms with Crippen molar-refractivity contribution in [2.24, 2.45) is 5.84 Å². The topological polar surface area (TPSA) is 41.3 Å². The van der Waals surface area contributed by atoms with E-state index in [1.807, 2.05) is 14.1 Å². The molecule has 0 aliphatic carbocycles. The summed E-state index contributed by atoms with van der Waals surface area (Å²) in [6.45, 7) is 5.12. The molecule has 0 amide bonds. The summed E-state index contributed by atoms with van der Waals surface area (Å²) in [7, 11) is 4.10. The molecule has 0 fully saturated rings. The number of hydrazine groups is 1. The van der Waals surface area contributed by atoms with E-state index in [9.17, 15) is 0 Å². The van der Waals surface area contributed by atoms with Gasteiger partial charge in [0.15, 0.2) is 0 Å². The average molecular weight is 207 g/mol. The van der Waals surface area contributed by atoms with Gasteiger partial charge in [-0.15, -0.1) is 0 Å². The fraction of sp³-hybridized carbons (Fsp3) is 0.500. The van der Waals surface area contributed by atoms with E-state index in [1.165, 1.54) is 16.7 Å². The first-order valence-corrected chi connectivity index (χ1v) is 5.22. The molecule has 84 valence electrons. The van der Waals surface area contributed by atoms with Gasteiger partial charge >= 0.3 is 0 Å². The van der Waals surface area contributed by atoms with Gasteiger partial charge in [-0.1, -0.05) is 29.3 Å². The quantitative estimate of drug-likeness (QED) is 0.579. The number of hydrogen-bond donors (Lipinski definition) is 2. The Hall–Kier alpha value is -0.900. The molecule has 3 N–H and O–H groups in total. The first kappa shape index (κ1) is 12.2. The fourth-order valence-electron chi connectivity index (χ4n) is 1.83. The third-order valence-corrected chi connectivity index (χ3v) is 2.40. The molecule has 0 spiro atoms. The lowest BCUT2D eigenvalue weighted by Gasteiger charge is -2.21. The van der Waals surface area contributed by atoms with Crippen LogP contribution < -0.4 is 11.3 Å². The van der Waals surface area contributed by atoms with Crippen molar-refractivity contribution in [3.05, 3.63) is 34.9 Å². The monoisotopic (exact) mass is 207 g/mol. The third kappa shape index (κ3) is 3.63. The largest absolute Gasteiger partial charge is 0.307 e. The lowest BCUT2D eigenvalue weighted by molar-refractivity contribution is 0.344. The van der Waals surface area contributed by atoms with E-state index in [2.05, 4.69) is 42.4 Å². The molecule has 3 heteroatoms. The third-order valence-electron chi connectivity index (χ3n) is 2.40. The second kappa shape index (κ2) is 5.26. The lowest BCUT2D eigenvalue weighted by atomic mass is 10.0. The first-order chi connectivity index (χ1) is 7.02. The second-order valence-electron chi connectivity index (χ2n) is 4.40. The summed E-state index contributed by atoms with van der Waals surface area (Å²) in [5.74, 6) is 5.58. The molecule has 1 aromatic rings. The van der Waals surface area contributed by atoms with E-state index < -0.39 is 0 Å². The molecular formula is C12H21N3. The van der Waals surface area contributed by atoms with E-state index in [-0.39, 0.29) is 6.04 Å². The van der Waals surface area contributed by atoms with Gasteiger partial charge < -0.3 is 4.90 Å². The normalized spacial score (nSPS) is 13.2. The van der Waals surface area contributed by atoms with Crippen molar-refractivity contribution in [3.63, 3.8) is 0 Å². The molecular weight excluding hydrogens is 186 g/mol. The van der Waals surface area contributed by atoms with E-state index in [4.69, 9.17) is 5.84 Å². The molecule has 0 aromatic heterocycles. The molecule has 1 aromatic carbocycles. The maximum Gasteiger partial charge on any atom is 0.0587 e. The highest BCUT2D eigenvalue weighted by molar-refractivity contribution is 5.30. The molecule has 0 saturated heterocycles. The predicted molar refractivity (Wildman–Crippen MR) is 64.5 cm³/mol. The van der Waals surface area contributed by atoms with E-state index in [0.29, 0.717) is 0 Å². The van der Waals surface area contributed by atoms with Gasteiger partial charge in [-0.25, -0.2) is 0 Å². The minimum Gasteiger partial charge on any atom is -0.307 e. The highest BCUT2D eigenvalue weighted by Crippen LogP contribution is 2.16. The fourth-order valence-corrected chi connectivity index (χ4v) is 1.83. The summed E-state index contributed by atoms with van der Waals surface area (Å²) < 4.78 is 0. The summed E-state index contributed by atoms with van der Waals surface area (Å²) in [6.07, 6.45) is 0. The van der Waals surface area contributed by atoms with Crippen LogP contribution in [0.3, 0.4) is 0 Å². The van der Waals surface area contributed by atoms with Gasteiger partial charge in [0.1, 0.15) is 0 Å². The van der Waals surface area contributed by atoms with Gasteiger partial charge in [0, 0.05) is 6.54 Å². The molecule has 0 aliphatic rings. The average Bonchev–Trinajstić information content (AvgIpc) is 2.12. The zero-order chi connectivity index (χ0) is 11.4. The molecule has 1 rings (SSSR count). The first-order valence-electron chi connectivity index (χ1n) is 5.22. The van der Waals surface area contributed by atoms with Crippen molar-refractivity contribution >= 4 is 0 Å². The van der Waals surface area contributed by atoms with Crippen LogP contribution in [-0.4, -0.2) is 25.5 Å². The highest BCUT2D eigenvalue weighted by Gasteiger charge is 2.10. The van der Waals surface area contributed by atoms with Crippen molar-refractivity contribution in [1.82, 2.24) is 10.3 Å². The summed E-state index contributed by atoms with van der Waals surface area (Å²) in [6, 6.07) is 6.73. The Kier molecular flexibility index (Phi) is 4.27. The van der Waals surface area contributed by atoms with Crippen molar-refractivity contribution in [1.29, 1.82) is 0 Å². The van der Waals surface area contributed by atoms with Crippen LogP contribution in [0.2, 0.25) is 0 Å². The molecule has 15 heavy (non-hydrogen) atoms. The Balaban J connectivity index is 2.91. The van der Waals surface area contributed by atoms with E-state index in [0.717, 1.165) is 6.54 Å². The zero-order valence-corrected chi connectivity index (χ0v) is 10.0. The number of nitrogens with one attached hydrogen (secondary N) is 1. The number of aryl methyl sites for hydroxylation is 2. The highest BCUT2D eigenvalue weighted by atomic mass is 15.3. The number of benzene rings is 1. The number of nitrogens with zero attached hydrogens (tertiary/aromatic N) is 1. The minimum absolute atomic E-state index is 0.193. The van der Waals surface area contributed by atoms with Crippen LogP contribution in [0.5, 0.6) is 0 Å². The maximum absolute atomic E-state index is 5.58. The van der Waals surface area contributed by atoms with E-state index in [1.54, 1.807) is 0 Å². The molecule has 0 heterocycles. The van der Waals surface area contributed by atoms with Gasteiger partial charge in [0.05, 0.1) is 6.04 Å². The van der Waals surface area contributed by atoms with Gasteiger partial charge in [0.25, 0.3) is 0 Å². The van der Waals surface area contributed by atoms with Gasteiger partial charge in [0.2, 0.25) is 0 Å². The second-order valence-corrected chi connectivity index (χ2v) is 4.40. The van der Waals surface area contributed by atoms with Crippen LogP contribution in [0.25, 0.3) is 0 Å². The number of likely N-dealkylation sites (N-methyl/N-ethyl adjacent to an activating group) is 1. The minimum atomic E-state index is 0.193. The van der Waals surface area contributed by atoms with Crippen LogP contribution in [0.4, 0.5) is 0 Å². The smallest absolute Gasteiger partial charge is 0.0587 e. The van der Waals surface area contributed by atoms with Crippen molar-refractivity contribution in [3.8, 4) is 0 Å². The molecule has 0 bridgehead atoms. The van der Waals surface area contributed by atoms with Crippen LogP contribution >= 0.6 is 0 Å². The maximum atomic E-state index is 5.58. The van der Waals surface area contributed by atoms with E-state index >= 15 is 0 Å². The molecule has 0 saturated carbocycles. The Morgan fingerprint density at radius 3 is 2.13 bits per heavy atom. The van der Waals surface area contributed by atoms with Crippen LogP contribution in [0.1, 0.15) is 22.7 Å². The summed E-state index contributed by atoms with van der Waals surface area (Å²) in [4.78, 5) is 2.13. The SMILES string of the molecule is Cc1cc(C)cc(C(CN(C)C)NN)c1. The number of rotatable bonds is 4. The molecule has 0 radical (unpaired) electrons. The predicted octanol–water partition coefficient (Wildman–Crippen LogP) is 1.37.